The Kier molecular flexibility index (Phi) is 5.46. The molecule has 0 radical (unpaired) electrons. The predicted octanol–water partition coefficient (Wildman–Crippen LogP) is 3.68. The monoisotopic (exact) mass is 393 g/mol. The van der Waals surface area contributed by atoms with Crippen LogP contribution < -0.4 is 4.74 Å². The van der Waals surface area contributed by atoms with Crippen molar-refractivity contribution < 1.29 is 19.2 Å². The van der Waals surface area contributed by atoms with E-state index in [4.69, 9.17) is 9.26 Å². The second-order valence-electron chi connectivity index (χ2n) is 7.20. The molecule has 7 nitrogen and oxygen atoms in total. The van der Waals surface area contributed by atoms with Gasteiger partial charge in [0.2, 0.25) is 11.7 Å². The Bertz CT molecular complexity index is 958. The highest BCUT2D eigenvalue weighted by Gasteiger charge is 2.24. The first-order valence-corrected chi connectivity index (χ1v) is 9.69. The van der Waals surface area contributed by atoms with Crippen LogP contribution in [0, 0.1) is 6.92 Å². The first-order valence-electron chi connectivity index (χ1n) is 9.69. The molecule has 1 fully saturated rings. The fraction of sp³-hybridized carbons (Fsp3) is 0.318. The quantitative estimate of drug-likeness (QED) is 0.711. The van der Waals surface area contributed by atoms with Gasteiger partial charge >= 0.3 is 0 Å². The minimum Gasteiger partial charge on any atom is -0.508 e. The zero-order valence-corrected chi connectivity index (χ0v) is 16.2. The molecule has 0 bridgehead atoms. The van der Waals surface area contributed by atoms with Gasteiger partial charge in [-0.25, -0.2) is 0 Å². The highest BCUT2D eigenvalue weighted by molar-refractivity contribution is 5.94. The fourth-order valence-electron chi connectivity index (χ4n) is 3.59. The molecule has 7 heteroatoms. The molecule has 2 heterocycles. The molecule has 4 rings (SSSR count). The van der Waals surface area contributed by atoms with Gasteiger partial charge in [-0.3, -0.25) is 4.79 Å². The summed E-state index contributed by atoms with van der Waals surface area (Å²) in [5.74, 6) is 2.37. The summed E-state index contributed by atoms with van der Waals surface area (Å²) >= 11 is 0. The van der Waals surface area contributed by atoms with Gasteiger partial charge in [0.05, 0.1) is 0 Å². The van der Waals surface area contributed by atoms with Crippen LogP contribution in [-0.2, 0) is 6.61 Å². The van der Waals surface area contributed by atoms with Crippen LogP contribution in [0.5, 0.6) is 11.5 Å². The molecule has 1 aliphatic rings. The van der Waals surface area contributed by atoms with Crippen molar-refractivity contribution in [1.29, 1.82) is 0 Å². The number of piperidine rings is 1. The van der Waals surface area contributed by atoms with Crippen molar-refractivity contribution >= 4 is 5.91 Å². The Morgan fingerprint density at radius 3 is 2.45 bits per heavy atom. The second kappa shape index (κ2) is 8.34. The SMILES string of the molecule is Cc1nc(COc2ccc(C(=O)N3CCC(c4ccc(O)cc4)CC3)cc2)no1. The molecule has 0 atom stereocenters. The van der Waals surface area contributed by atoms with E-state index < -0.39 is 0 Å². The normalized spacial score (nSPS) is 14.7. The van der Waals surface area contributed by atoms with Crippen LogP contribution in [0.3, 0.4) is 0 Å². The van der Waals surface area contributed by atoms with Gasteiger partial charge in [-0.1, -0.05) is 17.3 Å². The van der Waals surface area contributed by atoms with Crippen LogP contribution in [0.4, 0.5) is 0 Å². The standard InChI is InChI=1S/C22H23N3O4/c1-15-23-21(24-29-15)14-28-20-8-4-18(5-9-20)22(27)25-12-10-17(11-13-25)16-2-6-19(26)7-3-16/h2-9,17,26H,10-14H2,1H3. The van der Waals surface area contributed by atoms with Crippen LogP contribution in [0.1, 0.15) is 46.4 Å². The third kappa shape index (κ3) is 4.56. The molecule has 1 amide bonds. The van der Waals surface area contributed by atoms with Crippen LogP contribution >= 0.6 is 0 Å². The lowest BCUT2D eigenvalue weighted by Crippen LogP contribution is -2.37. The van der Waals surface area contributed by atoms with E-state index in [1.54, 1.807) is 43.3 Å². The molecule has 1 aliphatic heterocycles. The van der Waals surface area contributed by atoms with Gasteiger partial charge in [0.25, 0.3) is 5.91 Å². The summed E-state index contributed by atoms with van der Waals surface area (Å²) in [5, 5.41) is 13.2. The first kappa shape index (κ1) is 19.0. The molecule has 1 aromatic heterocycles. The van der Waals surface area contributed by atoms with E-state index in [2.05, 4.69) is 10.1 Å². The van der Waals surface area contributed by atoms with Crippen molar-refractivity contribution in [2.24, 2.45) is 0 Å². The number of phenolic OH excluding ortho intramolecular Hbond substituents is 1. The summed E-state index contributed by atoms with van der Waals surface area (Å²) in [5.41, 5.74) is 1.86. The number of aromatic nitrogens is 2. The fourth-order valence-corrected chi connectivity index (χ4v) is 3.59. The highest BCUT2D eigenvalue weighted by atomic mass is 16.5. The van der Waals surface area contributed by atoms with Crippen molar-refractivity contribution in [3.05, 3.63) is 71.4 Å². The Balaban J connectivity index is 1.31. The number of likely N-dealkylation sites (tertiary alicyclic amines) is 1. The van der Waals surface area contributed by atoms with Crippen LogP contribution in [-0.4, -0.2) is 39.1 Å². The molecule has 2 aromatic carbocycles. The molecule has 0 spiro atoms. The van der Waals surface area contributed by atoms with Crippen LogP contribution in [0.25, 0.3) is 0 Å². The number of phenols is 1. The van der Waals surface area contributed by atoms with E-state index in [9.17, 15) is 9.90 Å². The molecule has 0 saturated carbocycles. The van der Waals surface area contributed by atoms with Gasteiger partial charge in [-0.15, -0.1) is 0 Å². The van der Waals surface area contributed by atoms with E-state index in [-0.39, 0.29) is 18.3 Å². The average Bonchev–Trinajstić information content (AvgIpc) is 3.18. The number of ether oxygens (including phenoxy) is 1. The summed E-state index contributed by atoms with van der Waals surface area (Å²) in [6.45, 7) is 3.39. The van der Waals surface area contributed by atoms with Gasteiger partial charge in [0, 0.05) is 25.6 Å². The van der Waals surface area contributed by atoms with Crippen molar-refractivity contribution in [3.8, 4) is 11.5 Å². The smallest absolute Gasteiger partial charge is 0.253 e. The van der Waals surface area contributed by atoms with Crippen molar-refractivity contribution in [2.45, 2.75) is 32.3 Å². The van der Waals surface area contributed by atoms with Crippen LogP contribution in [0.15, 0.2) is 53.1 Å². The van der Waals surface area contributed by atoms with E-state index in [1.807, 2.05) is 17.0 Å². The zero-order chi connectivity index (χ0) is 20.2. The maximum absolute atomic E-state index is 12.8. The molecular formula is C22H23N3O4. The second-order valence-corrected chi connectivity index (χ2v) is 7.20. The molecule has 0 aliphatic carbocycles. The molecule has 150 valence electrons. The maximum atomic E-state index is 12.8. The van der Waals surface area contributed by atoms with E-state index in [0.717, 1.165) is 25.9 Å². The topological polar surface area (TPSA) is 88.7 Å². The van der Waals surface area contributed by atoms with Crippen molar-refractivity contribution in [3.63, 3.8) is 0 Å². The van der Waals surface area contributed by atoms with Crippen molar-refractivity contribution in [1.82, 2.24) is 15.0 Å². The van der Waals surface area contributed by atoms with Crippen LogP contribution in [0.2, 0.25) is 0 Å². The van der Waals surface area contributed by atoms with Gasteiger partial charge in [-0.2, -0.15) is 4.98 Å². The van der Waals surface area contributed by atoms with Gasteiger partial charge < -0.3 is 19.3 Å². The summed E-state index contributed by atoms with van der Waals surface area (Å²) in [6.07, 6.45) is 1.84. The molecule has 0 unspecified atom stereocenters. The predicted molar refractivity (Wildman–Crippen MR) is 106 cm³/mol. The molecule has 29 heavy (non-hydrogen) atoms. The molecule has 3 aromatic rings. The van der Waals surface area contributed by atoms with Crippen molar-refractivity contribution in [2.75, 3.05) is 13.1 Å². The third-order valence-corrected chi connectivity index (χ3v) is 5.19. The summed E-state index contributed by atoms with van der Waals surface area (Å²) < 4.78 is 10.5. The summed E-state index contributed by atoms with van der Waals surface area (Å²) in [7, 11) is 0. The van der Waals surface area contributed by atoms with E-state index in [0.29, 0.717) is 28.9 Å². The Labute approximate surface area is 168 Å². The number of benzene rings is 2. The third-order valence-electron chi connectivity index (χ3n) is 5.19. The number of rotatable bonds is 5. The molecule has 1 N–H and O–H groups in total. The molecular weight excluding hydrogens is 370 g/mol. The lowest BCUT2D eigenvalue weighted by molar-refractivity contribution is 0.0713. The Hall–Kier alpha value is -3.35. The number of aromatic hydroxyl groups is 1. The number of hydrogen-bond donors (Lipinski definition) is 1. The van der Waals surface area contributed by atoms with Gasteiger partial charge in [-0.05, 0) is 60.7 Å². The first-order chi connectivity index (χ1) is 14.1. The minimum absolute atomic E-state index is 0.0366. The summed E-state index contributed by atoms with van der Waals surface area (Å²) in [4.78, 5) is 18.8. The van der Waals surface area contributed by atoms with E-state index in [1.165, 1.54) is 5.56 Å². The lowest BCUT2D eigenvalue weighted by Gasteiger charge is -2.32. The lowest BCUT2D eigenvalue weighted by atomic mass is 9.89. The largest absolute Gasteiger partial charge is 0.508 e. The number of carbonyl (C=O) groups excluding carboxylic acids is 1. The summed E-state index contributed by atoms with van der Waals surface area (Å²) in [6, 6.07) is 14.5. The average molecular weight is 393 g/mol. The Morgan fingerprint density at radius 1 is 1.14 bits per heavy atom. The molecule has 1 saturated heterocycles. The number of nitrogens with zero attached hydrogens (tertiary/aromatic N) is 3. The van der Waals surface area contributed by atoms with Gasteiger partial charge in [0.15, 0.2) is 6.61 Å². The number of carbonyl (C=O) groups is 1. The maximum Gasteiger partial charge on any atom is 0.253 e. The Morgan fingerprint density at radius 2 is 1.83 bits per heavy atom. The zero-order valence-electron chi connectivity index (χ0n) is 16.2. The highest BCUT2D eigenvalue weighted by Crippen LogP contribution is 2.29. The van der Waals surface area contributed by atoms with E-state index >= 15 is 0 Å². The number of amides is 1. The van der Waals surface area contributed by atoms with Gasteiger partial charge in [0.1, 0.15) is 11.5 Å². The number of hydrogen-bond acceptors (Lipinski definition) is 6. The number of aryl methyl sites for hydroxylation is 1. The minimum atomic E-state index is 0.0366.